The van der Waals surface area contributed by atoms with Crippen LogP contribution in [0.1, 0.15) is 23.8 Å². The Morgan fingerprint density at radius 1 is 1.36 bits per heavy atom. The number of rotatable bonds is 6. The van der Waals surface area contributed by atoms with Gasteiger partial charge in [0, 0.05) is 12.7 Å². The van der Waals surface area contributed by atoms with Crippen molar-refractivity contribution in [1.29, 1.82) is 0 Å². The molecule has 1 aromatic carbocycles. The van der Waals surface area contributed by atoms with Crippen molar-refractivity contribution >= 4 is 11.9 Å². The van der Waals surface area contributed by atoms with Crippen LogP contribution in [-0.2, 0) is 9.53 Å². The maximum absolute atomic E-state index is 13.2. The summed E-state index contributed by atoms with van der Waals surface area (Å²) in [6.07, 6.45) is 1.67. The number of carbonyl (C=O) groups excluding carboxylic acids is 2. The predicted molar refractivity (Wildman–Crippen MR) is 77.1 cm³/mol. The van der Waals surface area contributed by atoms with Crippen molar-refractivity contribution in [3.8, 4) is 5.69 Å². The molecule has 0 fully saturated rings. The SMILES string of the molecule is CCOC(=O)CCNC(=O)c1ccn(-c2cccc(F)c2)n1. The molecular formula is C15H16FN3O3. The van der Waals surface area contributed by atoms with Crippen molar-refractivity contribution in [1.82, 2.24) is 15.1 Å². The molecule has 0 unspecified atom stereocenters. The molecule has 6 nitrogen and oxygen atoms in total. The molecule has 0 atom stereocenters. The Bertz CT molecular complexity index is 670. The second-order valence-corrected chi connectivity index (χ2v) is 4.44. The van der Waals surface area contributed by atoms with Gasteiger partial charge in [-0.2, -0.15) is 5.10 Å². The maximum Gasteiger partial charge on any atom is 0.307 e. The van der Waals surface area contributed by atoms with E-state index in [2.05, 4.69) is 10.4 Å². The molecule has 1 N–H and O–H groups in total. The number of hydrogen-bond acceptors (Lipinski definition) is 4. The van der Waals surface area contributed by atoms with Crippen LogP contribution in [-0.4, -0.2) is 34.8 Å². The molecule has 1 amide bonds. The number of nitrogens with one attached hydrogen (secondary N) is 1. The molecule has 0 spiro atoms. The van der Waals surface area contributed by atoms with Crippen molar-refractivity contribution < 1.29 is 18.7 Å². The molecule has 7 heteroatoms. The van der Waals surface area contributed by atoms with Crippen LogP contribution >= 0.6 is 0 Å². The first-order chi connectivity index (χ1) is 10.6. The molecule has 0 aliphatic heterocycles. The van der Waals surface area contributed by atoms with Gasteiger partial charge in [-0.1, -0.05) is 6.07 Å². The van der Waals surface area contributed by atoms with E-state index in [4.69, 9.17) is 4.74 Å². The monoisotopic (exact) mass is 305 g/mol. The topological polar surface area (TPSA) is 73.2 Å². The van der Waals surface area contributed by atoms with Crippen molar-refractivity contribution in [2.24, 2.45) is 0 Å². The molecule has 0 aliphatic rings. The second-order valence-electron chi connectivity index (χ2n) is 4.44. The fraction of sp³-hybridized carbons (Fsp3) is 0.267. The van der Waals surface area contributed by atoms with Crippen LogP contribution in [0.4, 0.5) is 4.39 Å². The molecule has 2 aromatic rings. The lowest BCUT2D eigenvalue weighted by molar-refractivity contribution is -0.142. The molecule has 2 rings (SSSR count). The van der Waals surface area contributed by atoms with Gasteiger partial charge in [0.1, 0.15) is 5.82 Å². The van der Waals surface area contributed by atoms with E-state index in [1.165, 1.54) is 22.9 Å². The van der Waals surface area contributed by atoms with E-state index in [1.54, 1.807) is 25.3 Å². The number of hydrogen-bond donors (Lipinski definition) is 1. The van der Waals surface area contributed by atoms with Crippen LogP contribution in [0, 0.1) is 5.82 Å². The van der Waals surface area contributed by atoms with Gasteiger partial charge in [0.15, 0.2) is 5.69 Å². The first kappa shape index (κ1) is 15.7. The standard InChI is InChI=1S/C15H16FN3O3/c1-2-22-14(20)6-8-17-15(21)13-7-9-19(18-13)12-5-3-4-11(16)10-12/h3-5,7,9-10H,2,6,8H2,1H3,(H,17,21). The van der Waals surface area contributed by atoms with Gasteiger partial charge in [0.25, 0.3) is 5.91 Å². The normalized spacial score (nSPS) is 10.3. The van der Waals surface area contributed by atoms with Crippen molar-refractivity contribution in [3.63, 3.8) is 0 Å². The Morgan fingerprint density at radius 3 is 2.91 bits per heavy atom. The summed E-state index contributed by atoms with van der Waals surface area (Å²) in [4.78, 5) is 23.0. The van der Waals surface area contributed by atoms with Gasteiger partial charge >= 0.3 is 5.97 Å². The zero-order chi connectivity index (χ0) is 15.9. The Kier molecular flexibility index (Phi) is 5.24. The highest BCUT2D eigenvalue weighted by molar-refractivity contribution is 5.92. The second kappa shape index (κ2) is 7.35. The minimum absolute atomic E-state index is 0.101. The lowest BCUT2D eigenvalue weighted by atomic mass is 10.3. The third-order valence-electron chi connectivity index (χ3n) is 2.81. The number of esters is 1. The van der Waals surface area contributed by atoms with Crippen LogP contribution in [0.15, 0.2) is 36.5 Å². The molecule has 1 heterocycles. The summed E-state index contributed by atoms with van der Waals surface area (Å²) in [7, 11) is 0. The maximum atomic E-state index is 13.2. The van der Waals surface area contributed by atoms with Gasteiger partial charge in [-0.25, -0.2) is 9.07 Å². The van der Waals surface area contributed by atoms with Gasteiger partial charge < -0.3 is 10.1 Å². The smallest absolute Gasteiger partial charge is 0.307 e. The third kappa shape index (κ3) is 4.15. The van der Waals surface area contributed by atoms with E-state index in [9.17, 15) is 14.0 Å². The van der Waals surface area contributed by atoms with Crippen molar-refractivity contribution in [2.45, 2.75) is 13.3 Å². The lowest BCUT2D eigenvalue weighted by Gasteiger charge is -2.03. The Morgan fingerprint density at radius 2 is 2.18 bits per heavy atom. The molecule has 1 aromatic heterocycles. The number of halogens is 1. The molecule has 0 aliphatic carbocycles. The van der Waals surface area contributed by atoms with Crippen molar-refractivity contribution in [2.75, 3.05) is 13.2 Å². The van der Waals surface area contributed by atoms with Gasteiger partial charge in [0.2, 0.25) is 0 Å². The number of benzene rings is 1. The summed E-state index contributed by atoms with van der Waals surface area (Å²) in [5, 5.41) is 6.65. The minimum Gasteiger partial charge on any atom is -0.466 e. The highest BCUT2D eigenvalue weighted by Gasteiger charge is 2.11. The van der Waals surface area contributed by atoms with E-state index < -0.39 is 5.91 Å². The summed E-state index contributed by atoms with van der Waals surface area (Å²) in [6, 6.07) is 7.40. The predicted octanol–water partition coefficient (Wildman–Crippen LogP) is 1.69. The van der Waals surface area contributed by atoms with E-state index in [1.807, 2.05) is 0 Å². The fourth-order valence-electron chi connectivity index (χ4n) is 1.81. The van der Waals surface area contributed by atoms with E-state index >= 15 is 0 Å². The molecule has 22 heavy (non-hydrogen) atoms. The van der Waals surface area contributed by atoms with Gasteiger partial charge in [-0.3, -0.25) is 9.59 Å². The summed E-state index contributed by atoms with van der Waals surface area (Å²) in [6.45, 7) is 2.20. The average Bonchev–Trinajstić information content (AvgIpc) is 2.97. The number of nitrogens with zero attached hydrogens (tertiary/aromatic N) is 2. The lowest BCUT2D eigenvalue weighted by Crippen LogP contribution is -2.27. The van der Waals surface area contributed by atoms with Gasteiger partial charge in [-0.15, -0.1) is 0 Å². The van der Waals surface area contributed by atoms with Gasteiger partial charge in [0.05, 0.1) is 18.7 Å². The van der Waals surface area contributed by atoms with Crippen molar-refractivity contribution in [3.05, 3.63) is 48.0 Å². The first-order valence-electron chi connectivity index (χ1n) is 6.85. The van der Waals surface area contributed by atoms with Gasteiger partial charge in [-0.05, 0) is 31.2 Å². The average molecular weight is 305 g/mol. The third-order valence-corrected chi connectivity index (χ3v) is 2.81. The summed E-state index contributed by atoms with van der Waals surface area (Å²) in [5.41, 5.74) is 0.707. The first-order valence-corrected chi connectivity index (χ1v) is 6.85. The zero-order valence-corrected chi connectivity index (χ0v) is 12.1. The summed E-state index contributed by atoms with van der Waals surface area (Å²) in [5.74, 6) is -1.15. The molecule has 0 radical (unpaired) electrons. The molecule has 116 valence electrons. The summed E-state index contributed by atoms with van der Waals surface area (Å²) >= 11 is 0. The molecule has 0 saturated heterocycles. The van der Waals surface area contributed by atoms with E-state index in [0.717, 1.165) is 0 Å². The van der Waals surface area contributed by atoms with Crippen LogP contribution < -0.4 is 5.32 Å². The Hall–Kier alpha value is -2.70. The van der Waals surface area contributed by atoms with Crippen LogP contribution in [0.2, 0.25) is 0 Å². The highest BCUT2D eigenvalue weighted by atomic mass is 19.1. The number of carbonyl (C=O) groups is 2. The number of amides is 1. The molecule has 0 bridgehead atoms. The van der Waals surface area contributed by atoms with Crippen LogP contribution in [0.3, 0.4) is 0 Å². The quantitative estimate of drug-likeness (QED) is 0.824. The number of aromatic nitrogens is 2. The van der Waals surface area contributed by atoms with Crippen LogP contribution in [0.25, 0.3) is 5.69 Å². The van der Waals surface area contributed by atoms with Crippen LogP contribution in [0.5, 0.6) is 0 Å². The van der Waals surface area contributed by atoms with E-state index in [0.29, 0.717) is 12.3 Å². The highest BCUT2D eigenvalue weighted by Crippen LogP contribution is 2.09. The Labute approximate surface area is 126 Å². The molecular weight excluding hydrogens is 289 g/mol. The number of ether oxygens (including phenoxy) is 1. The van der Waals surface area contributed by atoms with E-state index in [-0.39, 0.29) is 30.4 Å². The minimum atomic E-state index is -0.403. The molecule has 0 saturated carbocycles. The summed E-state index contributed by atoms with van der Waals surface area (Å²) < 4.78 is 19.3. The Balaban J connectivity index is 1.93. The fourth-order valence-corrected chi connectivity index (χ4v) is 1.81. The largest absolute Gasteiger partial charge is 0.466 e. The zero-order valence-electron chi connectivity index (χ0n) is 12.1.